The number of amides is 1. The van der Waals surface area contributed by atoms with Crippen molar-refractivity contribution >= 4 is 5.91 Å². The van der Waals surface area contributed by atoms with E-state index < -0.39 is 0 Å². The minimum atomic E-state index is -0.347. The predicted octanol–water partition coefficient (Wildman–Crippen LogP) is 3.79. The maximum absolute atomic E-state index is 10.9. The summed E-state index contributed by atoms with van der Waals surface area (Å²) in [4.78, 5) is 20.7. The van der Waals surface area contributed by atoms with Gasteiger partial charge in [0.2, 0.25) is 11.8 Å². The number of hydrogen-bond donors (Lipinski definition) is 2. The highest BCUT2D eigenvalue weighted by Gasteiger charge is 2.20. The van der Waals surface area contributed by atoms with Crippen LogP contribution in [0, 0.1) is 0 Å². The number of carbonyl (C=O) groups excluding carboxylic acids is 1. The Hall–Kier alpha value is -3.84. The Bertz CT molecular complexity index is 1020. The van der Waals surface area contributed by atoms with Gasteiger partial charge in [-0.2, -0.15) is 0 Å². The average molecular weight is 403 g/mol. The number of nitrogens with one attached hydrogen (secondary N) is 1. The third-order valence-electron chi connectivity index (χ3n) is 4.43. The summed E-state index contributed by atoms with van der Waals surface area (Å²) in [6.07, 6.45) is 3.93. The number of para-hydroxylation sites is 1. The Kier molecular flexibility index (Phi) is 5.91. The highest BCUT2D eigenvalue weighted by atomic mass is 16.7. The van der Waals surface area contributed by atoms with Crippen molar-refractivity contribution in [1.82, 2.24) is 10.5 Å². The molecule has 3 N–H and O–H groups in total. The minimum absolute atomic E-state index is 0.268. The van der Waals surface area contributed by atoms with Gasteiger partial charge >= 0.3 is 0 Å². The number of hydrogen-bond acceptors (Lipinski definition) is 6. The number of benzene rings is 2. The summed E-state index contributed by atoms with van der Waals surface area (Å²) in [5.41, 5.74) is 9.68. The molecule has 1 aliphatic heterocycles. The normalized spacial score (nSPS) is 15.2. The van der Waals surface area contributed by atoms with Crippen LogP contribution in [0.3, 0.4) is 0 Å². The lowest BCUT2D eigenvalue weighted by Crippen LogP contribution is -2.13. The van der Waals surface area contributed by atoms with Crippen molar-refractivity contribution in [3.8, 4) is 17.2 Å². The molecule has 1 aromatic heterocycles. The first-order valence-electron chi connectivity index (χ1n) is 9.53. The number of carbonyl (C=O) groups is 1. The van der Waals surface area contributed by atoms with Crippen molar-refractivity contribution in [3.05, 3.63) is 96.1 Å². The molecule has 1 amide bonds. The second kappa shape index (κ2) is 9.11. The first-order valence-corrected chi connectivity index (χ1v) is 9.53. The molecule has 7 nitrogen and oxygen atoms in total. The largest absolute Gasteiger partial charge is 0.457 e. The molecule has 0 spiro atoms. The number of rotatable bonds is 8. The van der Waals surface area contributed by atoms with Crippen LogP contribution in [-0.2, 0) is 16.1 Å². The predicted molar refractivity (Wildman–Crippen MR) is 110 cm³/mol. The van der Waals surface area contributed by atoms with E-state index in [4.69, 9.17) is 20.0 Å². The van der Waals surface area contributed by atoms with Crippen molar-refractivity contribution in [2.24, 2.45) is 5.73 Å². The molecule has 1 aliphatic rings. The fourth-order valence-corrected chi connectivity index (χ4v) is 2.89. The molecule has 2 heterocycles. The van der Waals surface area contributed by atoms with Crippen LogP contribution >= 0.6 is 0 Å². The maximum Gasteiger partial charge on any atom is 0.217 e. The van der Waals surface area contributed by atoms with Gasteiger partial charge in [0.25, 0.3) is 0 Å². The maximum atomic E-state index is 10.9. The molecule has 30 heavy (non-hydrogen) atoms. The zero-order valence-electron chi connectivity index (χ0n) is 16.2. The van der Waals surface area contributed by atoms with Gasteiger partial charge in [0.05, 0.1) is 6.20 Å². The lowest BCUT2D eigenvalue weighted by atomic mass is 10.1. The highest BCUT2D eigenvalue weighted by molar-refractivity contribution is 5.73. The van der Waals surface area contributed by atoms with Crippen LogP contribution in [0.25, 0.3) is 0 Å². The van der Waals surface area contributed by atoms with E-state index in [1.165, 1.54) is 0 Å². The molecule has 0 saturated carbocycles. The molecule has 152 valence electrons. The molecule has 3 aromatic rings. The summed E-state index contributed by atoms with van der Waals surface area (Å²) in [7, 11) is 0. The Morgan fingerprint density at radius 2 is 1.70 bits per heavy atom. The van der Waals surface area contributed by atoms with E-state index in [0.717, 1.165) is 22.8 Å². The summed E-state index contributed by atoms with van der Waals surface area (Å²) in [6, 6.07) is 20.9. The van der Waals surface area contributed by atoms with E-state index in [1.807, 2.05) is 60.7 Å². The number of aryl methyl sites for hydroxylation is 1. The monoisotopic (exact) mass is 403 g/mol. The van der Waals surface area contributed by atoms with Gasteiger partial charge in [-0.15, -0.1) is 0 Å². The molecule has 0 unspecified atom stereocenters. The van der Waals surface area contributed by atoms with Gasteiger partial charge in [0.15, 0.2) is 0 Å². The first-order chi connectivity index (χ1) is 14.7. The summed E-state index contributed by atoms with van der Waals surface area (Å²) < 4.78 is 11.6. The van der Waals surface area contributed by atoms with Gasteiger partial charge in [-0.1, -0.05) is 30.3 Å². The zero-order chi connectivity index (χ0) is 20.8. The summed E-state index contributed by atoms with van der Waals surface area (Å²) in [6.45, 7) is 0. The van der Waals surface area contributed by atoms with E-state index in [-0.39, 0.29) is 18.4 Å². The third kappa shape index (κ3) is 5.15. The van der Waals surface area contributed by atoms with E-state index >= 15 is 0 Å². The van der Waals surface area contributed by atoms with Gasteiger partial charge < -0.3 is 15.2 Å². The van der Waals surface area contributed by atoms with E-state index in [9.17, 15) is 4.79 Å². The number of hydroxylamine groups is 1. The van der Waals surface area contributed by atoms with Crippen molar-refractivity contribution in [2.75, 3.05) is 0 Å². The van der Waals surface area contributed by atoms with Crippen LogP contribution < -0.4 is 20.7 Å². The van der Waals surface area contributed by atoms with Crippen molar-refractivity contribution in [1.29, 1.82) is 0 Å². The Morgan fingerprint density at radius 3 is 2.40 bits per heavy atom. The quantitative estimate of drug-likeness (QED) is 0.594. The van der Waals surface area contributed by atoms with Crippen LogP contribution in [0.4, 0.5) is 0 Å². The van der Waals surface area contributed by atoms with E-state index in [1.54, 1.807) is 18.3 Å². The fraction of sp³-hybridized carbons (Fsp3) is 0.130. The van der Waals surface area contributed by atoms with Gasteiger partial charge in [-0.25, -0.2) is 5.48 Å². The van der Waals surface area contributed by atoms with Crippen LogP contribution in [0.15, 0.2) is 84.9 Å². The summed E-state index contributed by atoms with van der Waals surface area (Å²) in [5.74, 6) is 2.23. The second-order valence-corrected chi connectivity index (χ2v) is 6.71. The van der Waals surface area contributed by atoms with E-state index in [0.29, 0.717) is 18.1 Å². The number of ether oxygens (including phenoxy) is 2. The van der Waals surface area contributed by atoms with Crippen LogP contribution in [0.5, 0.6) is 17.2 Å². The Labute approximate surface area is 174 Å². The molecular formula is C23H21N3O4. The number of primary amides is 1. The van der Waals surface area contributed by atoms with Gasteiger partial charge in [-0.3, -0.25) is 14.6 Å². The van der Waals surface area contributed by atoms with Gasteiger partial charge in [0, 0.05) is 18.2 Å². The molecule has 0 fully saturated rings. The van der Waals surface area contributed by atoms with Crippen molar-refractivity contribution in [3.63, 3.8) is 0 Å². The number of nitrogens with zero attached hydrogens (tertiary/aromatic N) is 1. The van der Waals surface area contributed by atoms with Crippen molar-refractivity contribution < 1.29 is 19.1 Å². The van der Waals surface area contributed by atoms with Crippen LogP contribution in [0.1, 0.15) is 23.8 Å². The summed E-state index contributed by atoms with van der Waals surface area (Å²) >= 11 is 0. The van der Waals surface area contributed by atoms with Gasteiger partial charge in [0.1, 0.15) is 23.4 Å². The van der Waals surface area contributed by atoms with Crippen LogP contribution in [-0.4, -0.2) is 10.9 Å². The SMILES string of the molecule is NC(=O)CCc1ccc(OC2=C[C@@H](c3ccc(Oc4ccccc4)cc3)ON2)cn1. The average Bonchev–Trinajstić information content (AvgIpc) is 3.23. The van der Waals surface area contributed by atoms with Crippen molar-refractivity contribution in [2.45, 2.75) is 18.9 Å². The molecule has 0 radical (unpaired) electrons. The third-order valence-corrected chi connectivity index (χ3v) is 4.43. The lowest BCUT2D eigenvalue weighted by Gasteiger charge is -2.09. The molecule has 2 aromatic carbocycles. The molecule has 0 aliphatic carbocycles. The Morgan fingerprint density at radius 1 is 0.967 bits per heavy atom. The Balaban J connectivity index is 1.34. The molecule has 7 heteroatoms. The van der Waals surface area contributed by atoms with Crippen LogP contribution in [0.2, 0.25) is 0 Å². The smallest absolute Gasteiger partial charge is 0.217 e. The molecule has 0 saturated heterocycles. The summed E-state index contributed by atoms with van der Waals surface area (Å²) in [5, 5.41) is 0. The minimum Gasteiger partial charge on any atom is -0.457 e. The number of aromatic nitrogens is 1. The van der Waals surface area contributed by atoms with Gasteiger partial charge in [-0.05, 0) is 48.4 Å². The zero-order valence-corrected chi connectivity index (χ0v) is 16.2. The highest BCUT2D eigenvalue weighted by Crippen LogP contribution is 2.28. The lowest BCUT2D eigenvalue weighted by molar-refractivity contribution is -0.118. The first kappa shape index (κ1) is 19.5. The standard InChI is InChI=1S/C23H21N3O4/c24-22(27)13-9-17-8-12-20(15-25-17)29-23-14-21(30-26-23)16-6-10-19(11-7-16)28-18-4-2-1-3-5-18/h1-8,10-12,14-15,21,26H,9,13H2,(H2,24,27)/t21-/m0/s1. The molecule has 0 bridgehead atoms. The second-order valence-electron chi connectivity index (χ2n) is 6.71. The number of nitrogens with two attached hydrogens (primary N) is 1. The molecule has 1 atom stereocenters. The fourth-order valence-electron chi connectivity index (χ4n) is 2.89. The molecule has 4 rings (SSSR count). The molecular weight excluding hydrogens is 382 g/mol. The van der Waals surface area contributed by atoms with E-state index in [2.05, 4.69) is 10.5 Å². The topological polar surface area (TPSA) is 95.7 Å². The number of pyridine rings is 1.